The third-order valence-corrected chi connectivity index (χ3v) is 0.654. The van der Waals surface area contributed by atoms with Gasteiger partial charge in [0.05, 0.1) is 0 Å². The molecule has 49 valence electrons. The summed E-state index contributed by atoms with van der Waals surface area (Å²) in [7, 11) is 0. The summed E-state index contributed by atoms with van der Waals surface area (Å²) in [5.74, 6) is 0. The van der Waals surface area contributed by atoms with Crippen molar-refractivity contribution in [1.29, 1.82) is 0 Å². The van der Waals surface area contributed by atoms with Crippen molar-refractivity contribution in [2.45, 2.75) is 13.0 Å². The van der Waals surface area contributed by atoms with Crippen molar-refractivity contribution in [2.75, 3.05) is 0 Å². The molecular weight excluding hydrogens is 130 g/mol. The van der Waals surface area contributed by atoms with Gasteiger partial charge in [-0.15, -0.1) is 10.2 Å². The lowest BCUT2D eigenvalue weighted by molar-refractivity contribution is 0.115. The van der Waals surface area contributed by atoms with Gasteiger partial charge in [-0.3, -0.25) is 0 Å². The van der Waals surface area contributed by atoms with Gasteiger partial charge < -0.3 is 0 Å². The number of rotatable bonds is 2. The Hall–Kier alpha value is -1.07. The standard InChI is InChI=1S/C3H3F2N4/c4-3(5)1-9-7-2-6-8-9/h3H,1H2. The van der Waals surface area contributed by atoms with E-state index in [1.54, 1.807) is 0 Å². The molecule has 0 unspecified atom stereocenters. The van der Waals surface area contributed by atoms with Gasteiger partial charge in [-0.1, -0.05) is 0 Å². The molecule has 1 radical (unpaired) electrons. The van der Waals surface area contributed by atoms with Gasteiger partial charge in [0.2, 0.25) is 6.33 Å². The number of tetrazole rings is 1. The zero-order chi connectivity index (χ0) is 6.69. The van der Waals surface area contributed by atoms with E-state index in [9.17, 15) is 8.78 Å². The van der Waals surface area contributed by atoms with Crippen LogP contribution >= 0.6 is 0 Å². The van der Waals surface area contributed by atoms with Crippen LogP contribution in [0.15, 0.2) is 0 Å². The van der Waals surface area contributed by atoms with Crippen LogP contribution in [0.25, 0.3) is 0 Å². The second-order valence-electron chi connectivity index (χ2n) is 1.34. The molecule has 0 aliphatic rings. The van der Waals surface area contributed by atoms with Gasteiger partial charge in [-0.25, -0.2) is 8.78 Å². The monoisotopic (exact) mass is 133 g/mol. The van der Waals surface area contributed by atoms with Gasteiger partial charge >= 0.3 is 0 Å². The van der Waals surface area contributed by atoms with Crippen molar-refractivity contribution in [2.24, 2.45) is 0 Å². The van der Waals surface area contributed by atoms with Crippen molar-refractivity contribution in [3.8, 4) is 0 Å². The van der Waals surface area contributed by atoms with Crippen molar-refractivity contribution in [3.63, 3.8) is 0 Å². The number of nitrogens with zero attached hydrogens (tertiary/aromatic N) is 4. The maximum atomic E-state index is 11.5. The van der Waals surface area contributed by atoms with Crippen LogP contribution in [0.4, 0.5) is 8.78 Å². The van der Waals surface area contributed by atoms with Crippen LogP contribution in [0.2, 0.25) is 0 Å². The van der Waals surface area contributed by atoms with Crippen molar-refractivity contribution in [3.05, 3.63) is 6.33 Å². The molecule has 0 fully saturated rings. The zero-order valence-corrected chi connectivity index (χ0v) is 4.33. The minimum atomic E-state index is -2.44. The van der Waals surface area contributed by atoms with Gasteiger partial charge in [-0.2, -0.15) is 4.80 Å². The summed E-state index contributed by atoms with van der Waals surface area (Å²) in [6, 6.07) is 0. The number of hydrogen-bond donors (Lipinski definition) is 0. The predicted molar refractivity (Wildman–Crippen MR) is 22.7 cm³/mol. The third kappa shape index (κ3) is 1.71. The van der Waals surface area contributed by atoms with E-state index in [-0.39, 0.29) is 0 Å². The van der Waals surface area contributed by atoms with Gasteiger partial charge in [0.25, 0.3) is 6.43 Å². The van der Waals surface area contributed by atoms with Crippen LogP contribution in [0.3, 0.4) is 0 Å². The molecular formula is C3H3F2N4. The SMILES string of the molecule is FC(F)Cn1n[c]nn1. The fraction of sp³-hybridized carbons (Fsp3) is 0.667. The van der Waals surface area contributed by atoms with Crippen molar-refractivity contribution >= 4 is 0 Å². The number of hydrogen-bond acceptors (Lipinski definition) is 3. The molecule has 1 rings (SSSR count). The van der Waals surface area contributed by atoms with E-state index < -0.39 is 13.0 Å². The van der Waals surface area contributed by atoms with Crippen molar-refractivity contribution in [1.82, 2.24) is 20.2 Å². The Labute approximate surface area is 49.5 Å². The first-order chi connectivity index (χ1) is 4.29. The molecule has 0 aliphatic carbocycles. The average Bonchev–Trinajstić information content (AvgIpc) is 2.15. The molecule has 4 nitrogen and oxygen atoms in total. The molecule has 0 spiro atoms. The van der Waals surface area contributed by atoms with E-state index >= 15 is 0 Å². The lowest BCUT2D eigenvalue weighted by atomic mass is 10.7. The average molecular weight is 133 g/mol. The Bertz CT molecular complexity index is 160. The largest absolute Gasteiger partial charge is 0.259 e. The van der Waals surface area contributed by atoms with E-state index in [4.69, 9.17) is 0 Å². The first kappa shape index (κ1) is 6.06. The topological polar surface area (TPSA) is 43.6 Å². The highest BCUT2D eigenvalue weighted by Crippen LogP contribution is 1.92. The molecule has 0 atom stereocenters. The van der Waals surface area contributed by atoms with Gasteiger partial charge in [0.1, 0.15) is 6.54 Å². The third-order valence-electron chi connectivity index (χ3n) is 0.654. The summed E-state index contributed by atoms with van der Waals surface area (Å²) in [6.07, 6.45) is -0.384. The summed E-state index contributed by atoms with van der Waals surface area (Å²) >= 11 is 0. The number of alkyl halides is 2. The predicted octanol–water partition coefficient (Wildman–Crippen LogP) is -0.262. The highest BCUT2D eigenvalue weighted by Gasteiger charge is 2.03. The molecule has 0 saturated heterocycles. The summed E-state index contributed by atoms with van der Waals surface area (Å²) in [5, 5.41) is 9.54. The second-order valence-corrected chi connectivity index (χ2v) is 1.34. The summed E-state index contributed by atoms with van der Waals surface area (Å²) in [6.45, 7) is -0.517. The van der Waals surface area contributed by atoms with Crippen LogP contribution in [-0.2, 0) is 6.54 Å². The van der Waals surface area contributed by atoms with Crippen LogP contribution in [0.5, 0.6) is 0 Å². The van der Waals surface area contributed by atoms with Crippen LogP contribution in [-0.4, -0.2) is 26.6 Å². The summed E-state index contributed by atoms with van der Waals surface area (Å²) in [5.41, 5.74) is 0. The van der Waals surface area contributed by atoms with Gasteiger partial charge in [-0.05, 0) is 5.21 Å². The second kappa shape index (κ2) is 2.47. The van der Waals surface area contributed by atoms with Gasteiger partial charge in [0, 0.05) is 0 Å². The minimum absolute atomic E-state index is 0.517. The first-order valence-electron chi connectivity index (χ1n) is 2.21. The smallest absolute Gasteiger partial charge is 0.208 e. The molecule has 6 heteroatoms. The number of aromatic nitrogens is 4. The quantitative estimate of drug-likeness (QED) is 0.558. The van der Waals surface area contributed by atoms with E-state index in [1.165, 1.54) is 0 Å². The normalized spacial score (nSPS) is 10.6. The highest BCUT2D eigenvalue weighted by atomic mass is 19.3. The number of halogens is 2. The Morgan fingerprint density at radius 3 is 2.78 bits per heavy atom. The zero-order valence-electron chi connectivity index (χ0n) is 4.33. The Balaban J connectivity index is 2.48. The van der Waals surface area contributed by atoms with Crippen LogP contribution < -0.4 is 0 Å². The fourth-order valence-corrected chi connectivity index (χ4v) is 0.364. The van der Waals surface area contributed by atoms with E-state index in [0.29, 0.717) is 0 Å². The summed E-state index contributed by atoms with van der Waals surface area (Å²) < 4.78 is 22.9. The Kier molecular flexibility index (Phi) is 1.66. The molecule has 1 aromatic heterocycles. The highest BCUT2D eigenvalue weighted by molar-refractivity contribution is 4.38. The fourth-order valence-electron chi connectivity index (χ4n) is 0.364. The molecule has 0 aliphatic heterocycles. The molecule has 1 aromatic rings. The van der Waals surface area contributed by atoms with Crippen LogP contribution in [0, 0.1) is 6.33 Å². The minimum Gasteiger partial charge on any atom is -0.208 e. The van der Waals surface area contributed by atoms with E-state index in [2.05, 4.69) is 21.7 Å². The lowest BCUT2D eigenvalue weighted by Gasteiger charge is -1.92. The van der Waals surface area contributed by atoms with Crippen LogP contribution in [0.1, 0.15) is 0 Å². The Morgan fingerprint density at radius 1 is 1.56 bits per heavy atom. The molecule has 0 aromatic carbocycles. The maximum absolute atomic E-state index is 11.5. The molecule has 9 heavy (non-hydrogen) atoms. The molecule has 0 amide bonds. The molecule has 1 heterocycles. The molecule has 0 bridgehead atoms. The molecule has 0 saturated carbocycles. The first-order valence-corrected chi connectivity index (χ1v) is 2.21. The van der Waals surface area contributed by atoms with E-state index in [0.717, 1.165) is 4.80 Å². The van der Waals surface area contributed by atoms with Gasteiger partial charge in [0.15, 0.2) is 0 Å². The summed E-state index contributed by atoms with van der Waals surface area (Å²) in [4.78, 5) is 0.782. The van der Waals surface area contributed by atoms with E-state index in [1.807, 2.05) is 0 Å². The Morgan fingerprint density at radius 2 is 2.33 bits per heavy atom. The van der Waals surface area contributed by atoms with Crippen molar-refractivity contribution < 1.29 is 8.78 Å². The lowest BCUT2D eigenvalue weighted by Crippen LogP contribution is -2.09. The maximum Gasteiger partial charge on any atom is 0.259 e. The molecule has 0 N–H and O–H groups in total.